The summed E-state index contributed by atoms with van der Waals surface area (Å²) in [5.41, 5.74) is 1.30. The predicted octanol–water partition coefficient (Wildman–Crippen LogP) is 4.95. The Balaban J connectivity index is 1.85. The Hall–Kier alpha value is -2.54. The van der Waals surface area contributed by atoms with Gasteiger partial charge in [-0.15, -0.1) is 0 Å². The molecule has 2 aromatic rings. The minimum absolute atomic E-state index is 0.0139. The van der Waals surface area contributed by atoms with Crippen molar-refractivity contribution in [2.24, 2.45) is 0 Å². The van der Waals surface area contributed by atoms with Crippen molar-refractivity contribution >= 4 is 33.5 Å². The summed E-state index contributed by atoms with van der Waals surface area (Å²) in [6.45, 7) is 6.76. The summed E-state index contributed by atoms with van der Waals surface area (Å²) in [7, 11) is 0. The van der Waals surface area contributed by atoms with Gasteiger partial charge in [0, 0.05) is 6.42 Å². The molecule has 0 bridgehead atoms. The molecule has 7 heteroatoms. The van der Waals surface area contributed by atoms with E-state index < -0.39 is 5.97 Å². The van der Waals surface area contributed by atoms with Crippen LogP contribution in [0, 0.1) is 0 Å². The first-order valence-electron chi connectivity index (χ1n) is 8.87. The Morgan fingerprint density at radius 1 is 1.14 bits per heavy atom. The Bertz CT molecular complexity index is 874. The molecule has 6 nitrogen and oxygen atoms in total. The van der Waals surface area contributed by atoms with Crippen LogP contribution in [0.3, 0.4) is 0 Å². The van der Waals surface area contributed by atoms with Crippen molar-refractivity contribution in [1.29, 1.82) is 0 Å². The summed E-state index contributed by atoms with van der Waals surface area (Å²) in [5, 5.41) is 21.3. The van der Waals surface area contributed by atoms with E-state index in [9.17, 15) is 14.7 Å². The normalized spacial score (nSPS) is 11.1. The zero-order chi connectivity index (χ0) is 20.9. The molecule has 28 heavy (non-hydrogen) atoms. The second-order valence-corrected chi connectivity index (χ2v) is 8.29. The fourth-order valence-electron chi connectivity index (χ4n) is 2.48. The maximum absolute atomic E-state index is 12.0. The lowest BCUT2D eigenvalue weighted by atomic mass is 9.87. The number of nitrogens with one attached hydrogen (secondary N) is 1. The van der Waals surface area contributed by atoms with E-state index in [2.05, 4.69) is 42.0 Å². The molecule has 0 saturated carbocycles. The molecule has 0 saturated heterocycles. The van der Waals surface area contributed by atoms with E-state index >= 15 is 0 Å². The number of hydrogen-bond acceptors (Lipinski definition) is 4. The van der Waals surface area contributed by atoms with Crippen LogP contribution < -0.4 is 10.1 Å². The zero-order valence-electron chi connectivity index (χ0n) is 16.1. The van der Waals surface area contributed by atoms with E-state index in [0.717, 1.165) is 4.47 Å². The van der Waals surface area contributed by atoms with E-state index in [4.69, 9.17) is 9.84 Å². The number of benzene rings is 2. The molecule has 0 atom stereocenters. The summed E-state index contributed by atoms with van der Waals surface area (Å²) in [6, 6.07) is 9.68. The van der Waals surface area contributed by atoms with Crippen molar-refractivity contribution in [3.05, 3.63) is 52.0 Å². The van der Waals surface area contributed by atoms with Gasteiger partial charge in [-0.1, -0.05) is 26.8 Å². The van der Waals surface area contributed by atoms with Gasteiger partial charge in [0.05, 0.1) is 22.3 Å². The van der Waals surface area contributed by atoms with Crippen LogP contribution in [-0.2, 0) is 10.2 Å². The number of ether oxygens (including phenoxy) is 1. The molecule has 0 heterocycles. The Morgan fingerprint density at radius 2 is 1.86 bits per heavy atom. The van der Waals surface area contributed by atoms with Gasteiger partial charge in [-0.05, 0) is 63.7 Å². The highest BCUT2D eigenvalue weighted by atomic mass is 79.9. The highest BCUT2D eigenvalue weighted by Crippen LogP contribution is 2.31. The average Bonchev–Trinajstić information content (AvgIpc) is 2.60. The highest BCUT2D eigenvalue weighted by Gasteiger charge is 2.15. The minimum atomic E-state index is -1.13. The van der Waals surface area contributed by atoms with Gasteiger partial charge in [0.2, 0.25) is 5.91 Å². The van der Waals surface area contributed by atoms with Crippen LogP contribution in [0.4, 0.5) is 5.69 Å². The molecule has 0 aliphatic rings. The number of carbonyl (C=O) groups is 2. The quantitative estimate of drug-likeness (QED) is 0.410. The summed E-state index contributed by atoms with van der Waals surface area (Å²) in [6.07, 6.45) is 0.646. The van der Waals surface area contributed by atoms with E-state index in [0.29, 0.717) is 18.8 Å². The van der Waals surface area contributed by atoms with Crippen LogP contribution in [0.5, 0.6) is 11.5 Å². The maximum Gasteiger partial charge on any atom is 0.335 e. The van der Waals surface area contributed by atoms with Gasteiger partial charge < -0.3 is 20.3 Å². The molecule has 0 unspecified atom stereocenters. The number of anilines is 1. The van der Waals surface area contributed by atoms with E-state index in [1.54, 1.807) is 0 Å². The van der Waals surface area contributed by atoms with E-state index in [-0.39, 0.29) is 34.7 Å². The van der Waals surface area contributed by atoms with Gasteiger partial charge in [0.25, 0.3) is 0 Å². The first-order chi connectivity index (χ1) is 13.1. The minimum Gasteiger partial charge on any atom is -0.506 e. The number of rotatable bonds is 7. The lowest BCUT2D eigenvalue weighted by Gasteiger charge is -2.20. The first-order valence-corrected chi connectivity index (χ1v) is 9.66. The number of amides is 1. The summed E-state index contributed by atoms with van der Waals surface area (Å²) in [4.78, 5) is 23.0. The second-order valence-electron chi connectivity index (χ2n) is 7.43. The molecule has 0 aromatic heterocycles. The third-order valence-corrected chi connectivity index (χ3v) is 4.74. The van der Waals surface area contributed by atoms with Crippen molar-refractivity contribution in [3.8, 4) is 11.5 Å². The van der Waals surface area contributed by atoms with Crippen LogP contribution in [0.2, 0.25) is 0 Å². The van der Waals surface area contributed by atoms with Crippen molar-refractivity contribution in [2.45, 2.75) is 39.0 Å². The van der Waals surface area contributed by atoms with Gasteiger partial charge in [-0.25, -0.2) is 4.79 Å². The number of phenols is 1. The molecule has 0 aliphatic carbocycles. The molecule has 150 valence electrons. The molecule has 2 aromatic carbocycles. The van der Waals surface area contributed by atoms with Crippen molar-refractivity contribution in [1.82, 2.24) is 0 Å². The van der Waals surface area contributed by atoms with Crippen LogP contribution in [0.1, 0.15) is 49.5 Å². The smallest absolute Gasteiger partial charge is 0.335 e. The number of hydrogen-bond donors (Lipinski definition) is 3. The molecule has 0 aliphatic heterocycles. The third-order valence-electron chi connectivity index (χ3n) is 4.12. The molecule has 0 fully saturated rings. The molecule has 0 spiro atoms. The lowest BCUT2D eigenvalue weighted by molar-refractivity contribution is -0.116. The largest absolute Gasteiger partial charge is 0.506 e. The molecule has 2 rings (SSSR count). The Morgan fingerprint density at radius 3 is 2.46 bits per heavy atom. The maximum atomic E-state index is 12.0. The van der Waals surface area contributed by atoms with Gasteiger partial charge in [-0.3, -0.25) is 4.79 Å². The molecular weight excluding hydrogens is 426 g/mol. The number of phenolic OH excluding ortho intramolecular Hbond substituents is 1. The lowest BCUT2D eigenvalue weighted by Crippen LogP contribution is -2.14. The van der Waals surface area contributed by atoms with Crippen LogP contribution in [0.15, 0.2) is 40.9 Å². The molecular formula is C21H24BrNO5. The molecule has 0 radical (unpaired) electrons. The van der Waals surface area contributed by atoms with E-state index in [1.807, 2.05) is 18.2 Å². The topological polar surface area (TPSA) is 95.9 Å². The van der Waals surface area contributed by atoms with Gasteiger partial charge in [0.15, 0.2) is 0 Å². The number of aromatic carboxylic acids is 1. The molecule has 3 N–H and O–H groups in total. The highest BCUT2D eigenvalue weighted by molar-refractivity contribution is 9.10. The molecule has 1 amide bonds. The monoisotopic (exact) mass is 449 g/mol. The van der Waals surface area contributed by atoms with Gasteiger partial charge >= 0.3 is 5.97 Å². The fourth-order valence-corrected chi connectivity index (χ4v) is 2.97. The van der Waals surface area contributed by atoms with Gasteiger partial charge in [0.1, 0.15) is 11.5 Å². The number of carboxylic acids is 1. The SMILES string of the molecule is CC(C)(C)c1ccc(OCCCC(=O)Nc2cc(C(=O)O)ccc2O)c(Br)c1. The van der Waals surface area contributed by atoms with Crippen molar-refractivity contribution < 1.29 is 24.5 Å². The van der Waals surface area contributed by atoms with E-state index in [1.165, 1.54) is 23.8 Å². The Labute approximate surface area is 172 Å². The number of aromatic hydroxyl groups is 1. The van der Waals surface area contributed by atoms with Gasteiger partial charge in [-0.2, -0.15) is 0 Å². The first kappa shape index (κ1) is 21.8. The number of halogens is 1. The zero-order valence-corrected chi connectivity index (χ0v) is 17.7. The van der Waals surface area contributed by atoms with Crippen LogP contribution >= 0.6 is 15.9 Å². The summed E-state index contributed by atoms with van der Waals surface area (Å²) in [5.74, 6) is -0.937. The Kier molecular flexibility index (Phi) is 7.07. The number of carboxylic acid groups (broad SMARTS) is 1. The standard InChI is InChI=1S/C21H24BrNO5/c1-21(2,3)14-7-9-18(15(22)12-14)28-10-4-5-19(25)23-16-11-13(20(26)27)6-8-17(16)24/h6-9,11-12,24H,4-5,10H2,1-3H3,(H,23,25)(H,26,27). The summed E-state index contributed by atoms with van der Waals surface area (Å²) >= 11 is 3.51. The predicted molar refractivity (Wildman–Crippen MR) is 111 cm³/mol. The fraction of sp³-hybridized carbons (Fsp3) is 0.333. The van der Waals surface area contributed by atoms with Crippen LogP contribution in [0.25, 0.3) is 0 Å². The second kappa shape index (κ2) is 9.10. The third kappa shape index (κ3) is 5.99. The van der Waals surface area contributed by atoms with Crippen molar-refractivity contribution in [2.75, 3.05) is 11.9 Å². The van der Waals surface area contributed by atoms with Crippen molar-refractivity contribution in [3.63, 3.8) is 0 Å². The summed E-state index contributed by atoms with van der Waals surface area (Å²) < 4.78 is 6.59. The average molecular weight is 450 g/mol. The van der Waals surface area contributed by atoms with Crippen LogP contribution in [-0.4, -0.2) is 28.7 Å². The number of carbonyl (C=O) groups excluding carboxylic acids is 1.